The van der Waals surface area contributed by atoms with Crippen LogP contribution in [0, 0.1) is 6.92 Å². The molecule has 4 rings (SSSR count). The van der Waals surface area contributed by atoms with E-state index in [1.165, 1.54) is 16.3 Å². The van der Waals surface area contributed by atoms with Gasteiger partial charge in [-0.05, 0) is 53.0 Å². The molecule has 3 nitrogen and oxygen atoms in total. The predicted molar refractivity (Wildman–Crippen MR) is 101 cm³/mol. The van der Waals surface area contributed by atoms with Crippen molar-refractivity contribution in [2.75, 3.05) is 7.05 Å². The maximum Gasteiger partial charge on any atom is 0.222 e. The number of aryl methyl sites for hydroxylation is 1. The first-order valence-corrected chi connectivity index (χ1v) is 8.62. The molecule has 1 heterocycles. The van der Waals surface area contributed by atoms with Gasteiger partial charge in [-0.25, -0.2) is 3.96 Å². The highest BCUT2D eigenvalue weighted by atomic mass is 32.1. The summed E-state index contributed by atoms with van der Waals surface area (Å²) in [7, 11) is 1.78. The van der Waals surface area contributed by atoms with Crippen LogP contribution in [0.3, 0.4) is 0 Å². The molecule has 4 heteroatoms. The molecule has 0 unspecified atom stereocenters. The molecule has 0 saturated carbocycles. The molecule has 0 spiro atoms. The van der Waals surface area contributed by atoms with Crippen molar-refractivity contribution < 1.29 is 0 Å². The average Bonchev–Trinajstić information content (AvgIpc) is 3.06. The van der Waals surface area contributed by atoms with Crippen LogP contribution in [0.1, 0.15) is 5.56 Å². The van der Waals surface area contributed by atoms with E-state index in [0.717, 1.165) is 21.9 Å². The zero-order chi connectivity index (χ0) is 16.5. The Hall–Kier alpha value is -2.72. The highest BCUT2D eigenvalue weighted by molar-refractivity contribution is 7.04. The second kappa shape index (κ2) is 6.06. The molecule has 118 valence electrons. The Morgan fingerprint density at radius 3 is 2.50 bits per heavy atom. The summed E-state index contributed by atoms with van der Waals surface area (Å²) < 4.78 is 2.16. The fourth-order valence-corrected chi connectivity index (χ4v) is 3.75. The van der Waals surface area contributed by atoms with E-state index in [1.807, 2.05) is 18.2 Å². The average molecular weight is 331 g/mol. The molecule has 0 aliphatic rings. The van der Waals surface area contributed by atoms with Gasteiger partial charge in [0.2, 0.25) is 4.80 Å². The van der Waals surface area contributed by atoms with E-state index < -0.39 is 0 Å². The summed E-state index contributed by atoms with van der Waals surface area (Å²) in [6.45, 7) is 2.13. The number of fused-ring (bicyclic) bond motifs is 1. The molecule has 1 aromatic heterocycles. The van der Waals surface area contributed by atoms with Crippen LogP contribution in [0.25, 0.3) is 27.8 Å². The van der Waals surface area contributed by atoms with E-state index in [2.05, 4.69) is 64.4 Å². The Kier molecular flexibility index (Phi) is 3.75. The topological polar surface area (TPSA) is 30.2 Å². The zero-order valence-corrected chi connectivity index (χ0v) is 14.4. The van der Waals surface area contributed by atoms with Gasteiger partial charge in [0.25, 0.3) is 0 Å². The van der Waals surface area contributed by atoms with Gasteiger partial charge in [0.05, 0.1) is 5.69 Å². The maximum atomic E-state index is 4.78. The van der Waals surface area contributed by atoms with Crippen molar-refractivity contribution in [1.82, 2.24) is 8.94 Å². The molecule has 0 saturated heterocycles. The normalized spacial score (nSPS) is 12.0. The van der Waals surface area contributed by atoms with Crippen molar-refractivity contribution >= 4 is 22.3 Å². The third kappa shape index (κ3) is 2.55. The lowest BCUT2D eigenvalue weighted by Gasteiger charge is -2.10. The molecular weight excluding hydrogens is 314 g/mol. The number of hydrogen-bond donors (Lipinski definition) is 0. The molecule has 0 bridgehead atoms. The van der Waals surface area contributed by atoms with Crippen LogP contribution in [-0.4, -0.2) is 16.0 Å². The summed E-state index contributed by atoms with van der Waals surface area (Å²) >= 11 is 1.56. The van der Waals surface area contributed by atoms with Crippen LogP contribution < -0.4 is 4.80 Å². The molecule has 0 radical (unpaired) electrons. The lowest BCUT2D eigenvalue weighted by molar-refractivity contribution is 1.12. The van der Waals surface area contributed by atoms with Crippen LogP contribution in [0.15, 0.2) is 71.7 Å². The summed E-state index contributed by atoms with van der Waals surface area (Å²) in [6.07, 6.45) is 0. The number of benzene rings is 3. The minimum absolute atomic E-state index is 0.777. The number of aromatic nitrogens is 2. The zero-order valence-electron chi connectivity index (χ0n) is 13.6. The van der Waals surface area contributed by atoms with Crippen LogP contribution in [-0.2, 0) is 0 Å². The summed E-state index contributed by atoms with van der Waals surface area (Å²) in [5.74, 6) is 0.937. The minimum atomic E-state index is 0.777. The highest BCUT2D eigenvalue weighted by Crippen LogP contribution is 2.30. The third-order valence-electron chi connectivity index (χ3n) is 4.00. The molecule has 0 N–H and O–H groups in total. The van der Waals surface area contributed by atoms with Crippen molar-refractivity contribution in [3.63, 3.8) is 0 Å². The van der Waals surface area contributed by atoms with Crippen molar-refractivity contribution in [2.45, 2.75) is 6.92 Å². The van der Waals surface area contributed by atoms with Gasteiger partial charge < -0.3 is 0 Å². The van der Waals surface area contributed by atoms with E-state index in [1.54, 1.807) is 18.6 Å². The van der Waals surface area contributed by atoms with E-state index in [9.17, 15) is 0 Å². The second-order valence-electron chi connectivity index (χ2n) is 5.70. The van der Waals surface area contributed by atoms with E-state index in [0.29, 0.717) is 0 Å². The van der Waals surface area contributed by atoms with Crippen molar-refractivity contribution in [2.24, 2.45) is 4.99 Å². The Morgan fingerprint density at radius 1 is 0.958 bits per heavy atom. The van der Waals surface area contributed by atoms with Gasteiger partial charge in [0.1, 0.15) is 0 Å². The summed E-state index contributed by atoms with van der Waals surface area (Å²) in [5, 5.41) is 2.44. The van der Waals surface area contributed by atoms with Crippen LogP contribution >= 0.6 is 11.5 Å². The number of hydrogen-bond acceptors (Lipinski definition) is 3. The predicted octanol–water partition coefficient (Wildman–Crippen LogP) is 4.59. The molecule has 3 aromatic carbocycles. The monoisotopic (exact) mass is 331 g/mol. The van der Waals surface area contributed by atoms with E-state index in [-0.39, 0.29) is 0 Å². The van der Waals surface area contributed by atoms with Gasteiger partial charge in [-0.1, -0.05) is 48.5 Å². The van der Waals surface area contributed by atoms with Crippen LogP contribution in [0.4, 0.5) is 0 Å². The van der Waals surface area contributed by atoms with Gasteiger partial charge >= 0.3 is 0 Å². The fourth-order valence-electron chi connectivity index (χ4n) is 2.93. The van der Waals surface area contributed by atoms with Gasteiger partial charge in [-0.3, -0.25) is 4.99 Å². The van der Waals surface area contributed by atoms with Gasteiger partial charge in [-0.15, -0.1) is 0 Å². The first kappa shape index (κ1) is 14.8. The summed E-state index contributed by atoms with van der Waals surface area (Å²) in [4.78, 5) is 9.85. The minimum Gasteiger partial charge on any atom is -0.260 e. The molecule has 0 fully saturated rings. The lowest BCUT2D eigenvalue weighted by atomic mass is 10.0. The Bertz CT molecular complexity index is 1070. The third-order valence-corrected chi connectivity index (χ3v) is 5.00. The summed E-state index contributed by atoms with van der Waals surface area (Å²) in [6, 6.07) is 23.2. The molecule has 0 aliphatic carbocycles. The molecule has 0 atom stereocenters. The lowest BCUT2D eigenvalue weighted by Crippen LogP contribution is -1.97. The van der Waals surface area contributed by atoms with Crippen molar-refractivity contribution in [1.29, 1.82) is 0 Å². The van der Waals surface area contributed by atoms with Gasteiger partial charge in [0.15, 0.2) is 5.82 Å². The first-order valence-electron chi connectivity index (χ1n) is 7.84. The maximum absolute atomic E-state index is 4.78. The van der Waals surface area contributed by atoms with Gasteiger partial charge in [-0.2, -0.15) is 4.98 Å². The highest BCUT2D eigenvalue weighted by Gasteiger charge is 2.14. The number of para-hydroxylation sites is 1. The molecule has 4 aromatic rings. The SMILES string of the molecule is CN=c1nc(-c2cc(C)cc3ccccc23)n(-c2ccccc2)s1. The summed E-state index contributed by atoms with van der Waals surface area (Å²) in [5.41, 5.74) is 3.47. The second-order valence-corrected chi connectivity index (χ2v) is 6.61. The molecule has 0 aliphatic heterocycles. The smallest absolute Gasteiger partial charge is 0.222 e. The Morgan fingerprint density at radius 2 is 1.71 bits per heavy atom. The van der Waals surface area contributed by atoms with Crippen molar-refractivity contribution in [3.05, 3.63) is 77.1 Å². The van der Waals surface area contributed by atoms with E-state index >= 15 is 0 Å². The quantitative estimate of drug-likeness (QED) is 0.528. The number of rotatable bonds is 2. The molecule has 0 amide bonds. The van der Waals surface area contributed by atoms with E-state index in [4.69, 9.17) is 4.98 Å². The standard InChI is InChI=1S/C20H17N3S/c1-14-12-15-8-6-7-11-17(15)18(13-14)19-22-20(21-2)24-23(19)16-9-4-3-5-10-16/h3-13H,1-2H3. The van der Waals surface area contributed by atoms with Crippen LogP contribution in [0.2, 0.25) is 0 Å². The van der Waals surface area contributed by atoms with Gasteiger partial charge in [0, 0.05) is 12.6 Å². The molecular formula is C20H17N3S. The fraction of sp³-hybridized carbons (Fsp3) is 0.100. The number of nitrogens with zero attached hydrogens (tertiary/aromatic N) is 3. The molecule has 24 heavy (non-hydrogen) atoms. The first-order chi connectivity index (χ1) is 11.8. The largest absolute Gasteiger partial charge is 0.260 e. The Balaban J connectivity index is 2.06. The van der Waals surface area contributed by atoms with Crippen LogP contribution in [0.5, 0.6) is 0 Å². The van der Waals surface area contributed by atoms with Crippen molar-refractivity contribution in [3.8, 4) is 17.1 Å². The Labute approximate surface area is 144 Å².